The Hall–Kier alpha value is -3.00. The maximum absolute atomic E-state index is 12.9. The van der Waals surface area contributed by atoms with E-state index in [1.165, 1.54) is 11.3 Å². The summed E-state index contributed by atoms with van der Waals surface area (Å²) in [4.78, 5) is 50.5. The molecule has 1 aromatic heterocycles. The summed E-state index contributed by atoms with van der Waals surface area (Å²) in [5.74, 6) is -1.66. The highest BCUT2D eigenvalue weighted by Crippen LogP contribution is 2.32. The van der Waals surface area contributed by atoms with Gasteiger partial charge in [0.15, 0.2) is 6.61 Å². The minimum Gasteiger partial charge on any atom is -0.456 e. The average Bonchev–Trinajstić information content (AvgIpc) is 3.30. The predicted molar refractivity (Wildman–Crippen MR) is 98.3 cm³/mol. The van der Waals surface area contributed by atoms with Crippen LogP contribution < -0.4 is 5.32 Å². The molecule has 1 saturated heterocycles. The van der Waals surface area contributed by atoms with E-state index < -0.39 is 36.6 Å². The van der Waals surface area contributed by atoms with Crippen molar-refractivity contribution in [3.05, 3.63) is 58.3 Å². The quantitative estimate of drug-likeness (QED) is 0.448. The number of imide groups is 1. The molecule has 1 aliphatic heterocycles. The SMILES string of the molecule is CC[C@]1(c2ccccc2)NC(=O)N(CC(=O)OCC(=O)c2cccs2)C1=O. The lowest BCUT2D eigenvalue weighted by molar-refractivity contribution is -0.147. The Balaban J connectivity index is 1.66. The molecule has 3 amide bonds. The molecular weight excluding hydrogens is 368 g/mol. The smallest absolute Gasteiger partial charge is 0.326 e. The molecule has 1 fully saturated rings. The second-order valence-corrected chi connectivity index (χ2v) is 6.96. The Bertz CT molecular complexity index is 865. The van der Waals surface area contributed by atoms with E-state index in [1.54, 1.807) is 48.7 Å². The van der Waals surface area contributed by atoms with Crippen molar-refractivity contribution in [2.75, 3.05) is 13.2 Å². The summed E-state index contributed by atoms with van der Waals surface area (Å²) >= 11 is 1.25. The molecule has 1 aromatic carbocycles. The summed E-state index contributed by atoms with van der Waals surface area (Å²) in [5.41, 5.74) is -0.555. The highest BCUT2D eigenvalue weighted by molar-refractivity contribution is 7.12. The minimum absolute atomic E-state index is 0.331. The maximum Gasteiger partial charge on any atom is 0.326 e. The van der Waals surface area contributed by atoms with E-state index in [-0.39, 0.29) is 5.78 Å². The molecule has 1 aliphatic rings. The number of amides is 3. The van der Waals surface area contributed by atoms with Crippen LogP contribution in [0.15, 0.2) is 47.8 Å². The summed E-state index contributed by atoms with van der Waals surface area (Å²) < 4.78 is 4.94. The molecule has 1 atom stereocenters. The van der Waals surface area contributed by atoms with Crippen molar-refractivity contribution in [3.8, 4) is 0 Å². The van der Waals surface area contributed by atoms with Gasteiger partial charge in [-0.1, -0.05) is 43.3 Å². The zero-order valence-corrected chi connectivity index (χ0v) is 15.5. The van der Waals surface area contributed by atoms with E-state index in [0.717, 1.165) is 4.90 Å². The van der Waals surface area contributed by atoms with Crippen LogP contribution in [0.3, 0.4) is 0 Å². The van der Waals surface area contributed by atoms with Crippen LogP contribution in [0, 0.1) is 0 Å². The normalized spacial score (nSPS) is 19.1. The maximum atomic E-state index is 12.9. The first-order chi connectivity index (χ1) is 13.0. The first-order valence-electron chi connectivity index (χ1n) is 8.40. The van der Waals surface area contributed by atoms with Crippen LogP contribution in [0.1, 0.15) is 28.6 Å². The minimum atomic E-state index is -1.20. The fourth-order valence-corrected chi connectivity index (χ4v) is 3.61. The van der Waals surface area contributed by atoms with Crippen LogP contribution in [0.2, 0.25) is 0 Å². The number of esters is 1. The predicted octanol–water partition coefficient (Wildman–Crippen LogP) is 2.33. The second-order valence-electron chi connectivity index (χ2n) is 6.01. The van der Waals surface area contributed by atoms with Crippen LogP contribution in [0.25, 0.3) is 0 Å². The van der Waals surface area contributed by atoms with Crippen LogP contribution in [0.4, 0.5) is 4.79 Å². The van der Waals surface area contributed by atoms with Gasteiger partial charge in [0.25, 0.3) is 5.91 Å². The number of urea groups is 1. The number of ketones is 1. The number of Topliss-reactive ketones (excluding diaryl/α,β-unsaturated/α-hetero) is 1. The molecule has 0 radical (unpaired) electrons. The van der Waals surface area contributed by atoms with E-state index >= 15 is 0 Å². The standard InChI is InChI=1S/C19H18N2O5S/c1-2-19(13-7-4-3-5-8-13)17(24)21(18(25)20-19)11-16(23)26-12-14(22)15-9-6-10-27-15/h3-10H,2,11-12H2,1H3,(H,20,25)/t19-/m1/s1. The zero-order chi connectivity index (χ0) is 19.4. The van der Waals surface area contributed by atoms with Gasteiger partial charge in [-0.25, -0.2) is 4.79 Å². The van der Waals surface area contributed by atoms with Gasteiger partial charge in [0.2, 0.25) is 5.78 Å². The van der Waals surface area contributed by atoms with Crippen molar-refractivity contribution in [3.63, 3.8) is 0 Å². The van der Waals surface area contributed by atoms with Gasteiger partial charge in [-0.05, 0) is 23.4 Å². The Labute approximate surface area is 159 Å². The van der Waals surface area contributed by atoms with Gasteiger partial charge >= 0.3 is 12.0 Å². The monoisotopic (exact) mass is 386 g/mol. The number of hydrogen-bond donors (Lipinski definition) is 1. The van der Waals surface area contributed by atoms with Crippen molar-refractivity contribution in [1.82, 2.24) is 10.2 Å². The molecule has 140 valence electrons. The van der Waals surface area contributed by atoms with Gasteiger partial charge < -0.3 is 10.1 Å². The molecule has 0 spiro atoms. The number of benzene rings is 1. The molecule has 2 heterocycles. The molecule has 2 aromatic rings. The van der Waals surface area contributed by atoms with Crippen molar-refractivity contribution in [2.45, 2.75) is 18.9 Å². The van der Waals surface area contributed by atoms with E-state index in [9.17, 15) is 19.2 Å². The van der Waals surface area contributed by atoms with Gasteiger partial charge in [-0.15, -0.1) is 11.3 Å². The summed E-state index contributed by atoms with van der Waals surface area (Å²) in [7, 11) is 0. The van der Waals surface area contributed by atoms with Gasteiger partial charge in [0, 0.05) is 0 Å². The van der Waals surface area contributed by atoms with E-state index in [1.807, 2.05) is 6.07 Å². The fraction of sp³-hybridized carbons (Fsp3) is 0.263. The summed E-state index contributed by atoms with van der Waals surface area (Å²) in [5, 5.41) is 4.44. The molecule has 1 N–H and O–H groups in total. The third kappa shape index (κ3) is 3.61. The number of thiophene rings is 1. The molecule has 8 heteroatoms. The summed E-state index contributed by atoms with van der Waals surface area (Å²) in [6, 6.07) is 11.6. The Morgan fingerprint density at radius 1 is 1.15 bits per heavy atom. The highest BCUT2D eigenvalue weighted by atomic mass is 32.1. The molecule has 27 heavy (non-hydrogen) atoms. The lowest BCUT2D eigenvalue weighted by Crippen LogP contribution is -2.44. The van der Waals surface area contributed by atoms with Crippen LogP contribution in [0.5, 0.6) is 0 Å². The lowest BCUT2D eigenvalue weighted by atomic mass is 9.87. The van der Waals surface area contributed by atoms with E-state index in [0.29, 0.717) is 16.9 Å². The van der Waals surface area contributed by atoms with Gasteiger partial charge in [0.1, 0.15) is 12.1 Å². The van der Waals surface area contributed by atoms with E-state index in [4.69, 9.17) is 4.74 Å². The summed E-state index contributed by atoms with van der Waals surface area (Å²) in [6.45, 7) is 0.810. The molecular formula is C19H18N2O5S. The first kappa shape index (κ1) is 18.8. The van der Waals surface area contributed by atoms with E-state index in [2.05, 4.69) is 5.32 Å². The Morgan fingerprint density at radius 2 is 1.89 bits per heavy atom. The molecule has 3 rings (SSSR count). The third-order valence-electron chi connectivity index (χ3n) is 4.42. The Morgan fingerprint density at radius 3 is 2.52 bits per heavy atom. The number of carbonyl (C=O) groups is 4. The number of nitrogens with zero attached hydrogens (tertiary/aromatic N) is 1. The molecule has 0 saturated carbocycles. The molecule has 0 bridgehead atoms. The molecule has 7 nitrogen and oxygen atoms in total. The largest absolute Gasteiger partial charge is 0.456 e. The van der Waals surface area contributed by atoms with Gasteiger partial charge in [-0.2, -0.15) is 0 Å². The van der Waals surface area contributed by atoms with Crippen molar-refractivity contribution < 1.29 is 23.9 Å². The van der Waals surface area contributed by atoms with Crippen LogP contribution in [-0.4, -0.2) is 41.7 Å². The first-order valence-corrected chi connectivity index (χ1v) is 9.28. The number of nitrogens with one attached hydrogen (secondary N) is 1. The van der Waals surface area contributed by atoms with Crippen LogP contribution >= 0.6 is 11.3 Å². The lowest BCUT2D eigenvalue weighted by Gasteiger charge is -2.25. The highest BCUT2D eigenvalue weighted by Gasteiger charge is 2.51. The van der Waals surface area contributed by atoms with Crippen molar-refractivity contribution in [1.29, 1.82) is 0 Å². The number of rotatable bonds is 7. The fourth-order valence-electron chi connectivity index (χ4n) is 2.96. The number of carbonyl (C=O) groups excluding carboxylic acids is 4. The average molecular weight is 386 g/mol. The van der Waals surface area contributed by atoms with Crippen LogP contribution in [-0.2, 0) is 19.9 Å². The van der Waals surface area contributed by atoms with Gasteiger partial charge in [0.05, 0.1) is 4.88 Å². The number of hydrogen-bond acceptors (Lipinski definition) is 6. The zero-order valence-electron chi connectivity index (χ0n) is 14.6. The molecule has 0 aliphatic carbocycles. The molecule has 0 unspecified atom stereocenters. The number of ether oxygens (including phenoxy) is 1. The third-order valence-corrected chi connectivity index (χ3v) is 5.33. The van der Waals surface area contributed by atoms with Crippen molar-refractivity contribution in [2.24, 2.45) is 0 Å². The topological polar surface area (TPSA) is 92.8 Å². The van der Waals surface area contributed by atoms with Gasteiger partial charge in [-0.3, -0.25) is 19.3 Å². The Kier molecular flexibility index (Phi) is 5.36. The van der Waals surface area contributed by atoms with Crippen molar-refractivity contribution >= 4 is 35.0 Å². The second kappa shape index (κ2) is 7.71. The summed E-state index contributed by atoms with van der Waals surface area (Å²) in [6.07, 6.45) is 0.337.